The van der Waals surface area contributed by atoms with E-state index in [1.807, 2.05) is 35.9 Å². The third-order valence-corrected chi connectivity index (χ3v) is 3.45. The average Bonchev–Trinajstić information content (AvgIpc) is 2.90. The Bertz CT molecular complexity index is 611. The van der Waals surface area contributed by atoms with Gasteiger partial charge in [0.2, 0.25) is 0 Å². The number of methoxy groups -OCH3 is 1. The standard InChI is InChI=1S/C14H15Cl2N3O2/c1-19-8-7-17-13(19)11(18-14(20)12(15)16)9-3-5-10(21-2)6-4-9/h3-8,11-12H,1-2H3,(H,18,20). The molecule has 0 spiro atoms. The highest BCUT2D eigenvalue weighted by Crippen LogP contribution is 2.23. The topological polar surface area (TPSA) is 56.1 Å². The van der Waals surface area contributed by atoms with E-state index < -0.39 is 16.8 Å². The van der Waals surface area contributed by atoms with Crippen molar-refractivity contribution in [2.24, 2.45) is 7.05 Å². The van der Waals surface area contributed by atoms with Gasteiger partial charge in [0.05, 0.1) is 7.11 Å². The zero-order valence-corrected chi connectivity index (χ0v) is 13.1. The van der Waals surface area contributed by atoms with Crippen LogP contribution in [0.3, 0.4) is 0 Å². The monoisotopic (exact) mass is 327 g/mol. The van der Waals surface area contributed by atoms with Gasteiger partial charge in [0.15, 0.2) is 4.84 Å². The van der Waals surface area contributed by atoms with E-state index in [2.05, 4.69) is 10.3 Å². The molecule has 0 fully saturated rings. The summed E-state index contributed by atoms with van der Waals surface area (Å²) in [4.78, 5) is 15.0. The predicted molar refractivity (Wildman–Crippen MR) is 81.7 cm³/mol. The second kappa shape index (κ2) is 6.83. The second-order valence-electron chi connectivity index (χ2n) is 4.41. The van der Waals surface area contributed by atoms with Gasteiger partial charge in [0.1, 0.15) is 17.6 Å². The van der Waals surface area contributed by atoms with Gasteiger partial charge in [-0.25, -0.2) is 4.98 Å². The summed E-state index contributed by atoms with van der Waals surface area (Å²) in [6.07, 6.45) is 3.47. The van der Waals surface area contributed by atoms with Gasteiger partial charge in [-0.15, -0.1) is 0 Å². The van der Waals surface area contributed by atoms with E-state index >= 15 is 0 Å². The lowest BCUT2D eigenvalue weighted by Crippen LogP contribution is -2.34. The SMILES string of the molecule is COc1ccc(C(NC(=O)C(Cl)Cl)c2nccn2C)cc1. The molecular weight excluding hydrogens is 313 g/mol. The molecule has 0 aliphatic rings. The minimum absolute atomic E-state index is 0.441. The van der Waals surface area contributed by atoms with Gasteiger partial charge in [-0.05, 0) is 17.7 Å². The van der Waals surface area contributed by atoms with Crippen LogP contribution < -0.4 is 10.1 Å². The summed E-state index contributed by atoms with van der Waals surface area (Å²) in [5.74, 6) is 0.945. The molecule has 0 aliphatic carbocycles. The van der Waals surface area contributed by atoms with E-state index in [0.717, 1.165) is 11.3 Å². The summed E-state index contributed by atoms with van der Waals surface area (Å²) in [7, 11) is 3.45. The first kappa shape index (κ1) is 15.7. The molecule has 1 N–H and O–H groups in total. The average molecular weight is 328 g/mol. The molecule has 0 aliphatic heterocycles. The van der Waals surface area contributed by atoms with E-state index in [1.165, 1.54) is 0 Å². The zero-order valence-electron chi connectivity index (χ0n) is 11.6. The fraction of sp³-hybridized carbons (Fsp3) is 0.286. The van der Waals surface area contributed by atoms with Crippen molar-refractivity contribution in [3.8, 4) is 5.75 Å². The molecule has 0 radical (unpaired) electrons. The fourth-order valence-corrected chi connectivity index (χ4v) is 2.08. The first-order valence-electron chi connectivity index (χ1n) is 6.22. The smallest absolute Gasteiger partial charge is 0.254 e. The molecular formula is C14H15Cl2N3O2. The van der Waals surface area contributed by atoms with Crippen LogP contribution in [0.2, 0.25) is 0 Å². The number of hydrogen-bond acceptors (Lipinski definition) is 3. The number of benzene rings is 1. The highest BCUT2D eigenvalue weighted by Gasteiger charge is 2.23. The molecule has 21 heavy (non-hydrogen) atoms. The van der Waals surface area contributed by atoms with Gasteiger partial charge in [-0.1, -0.05) is 35.3 Å². The minimum Gasteiger partial charge on any atom is -0.497 e. The van der Waals surface area contributed by atoms with Crippen molar-refractivity contribution < 1.29 is 9.53 Å². The number of rotatable bonds is 5. The molecule has 112 valence electrons. The molecule has 1 atom stereocenters. The normalized spacial score (nSPS) is 12.2. The number of halogens is 2. The van der Waals surface area contributed by atoms with Crippen molar-refractivity contribution >= 4 is 29.1 Å². The molecule has 5 nitrogen and oxygen atoms in total. The number of hydrogen-bond donors (Lipinski definition) is 1. The third-order valence-electron chi connectivity index (χ3n) is 3.05. The summed E-state index contributed by atoms with van der Waals surface area (Å²) in [6.45, 7) is 0. The van der Waals surface area contributed by atoms with Crippen LogP contribution in [-0.4, -0.2) is 27.4 Å². The van der Waals surface area contributed by atoms with Crippen molar-refractivity contribution in [2.45, 2.75) is 10.9 Å². The van der Waals surface area contributed by atoms with Gasteiger partial charge in [-0.2, -0.15) is 0 Å². The molecule has 1 aromatic heterocycles. The van der Waals surface area contributed by atoms with Gasteiger partial charge < -0.3 is 14.6 Å². The number of aryl methyl sites for hydroxylation is 1. The Balaban J connectivity index is 2.35. The van der Waals surface area contributed by atoms with E-state index in [9.17, 15) is 4.79 Å². The molecule has 7 heteroatoms. The van der Waals surface area contributed by atoms with Crippen molar-refractivity contribution in [1.82, 2.24) is 14.9 Å². The Labute approximate surface area is 132 Å². The first-order valence-corrected chi connectivity index (χ1v) is 7.10. The molecule has 1 amide bonds. The number of amides is 1. The zero-order chi connectivity index (χ0) is 15.4. The van der Waals surface area contributed by atoms with Crippen LogP contribution in [0, 0.1) is 0 Å². The summed E-state index contributed by atoms with van der Waals surface area (Å²) >= 11 is 11.2. The molecule has 0 bridgehead atoms. The number of aromatic nitrogens is 2. The summed E-state index contributed by atoms with van der Waals surface area (Å²) < 4.78 is 6.96. The maximum absolute atomic E-state index is 11.8. The van der Waals surface area contributed by atoms with Gasteiger partial charge in [0.25, 0.3) is 5.91 Å². The molecule has 2 aromatic rings. The van der Waals surface area contributed by atoms with Gasteiger partial charge in [0, 0.05) is 19.4 Å². The van der Waals surface area contributed by atoms with Crippen LogP contribution in [0.5, 0.6) is 5.75 Å². The van der Waals surface area contributed by atoms with Crippen molar-refractivity contribution in [3.63, 3.8) is 0 Å². The number of imidazole rings is 1. The number of ether oxygens (including phenoxy) is 1. The number of alkyl halides is 2. The number of carbonyl (C=O) groups is 1. The van der Waals surface area contributed by atoms with Crippen molar-refractivity contribution in [3.05, 3.63) is 48.0 Å². The minimum atomic E-state index is -1.13. The highest BCUT2D eigenvalue weighted by atomic mass is 35.5. The summed E-state index contributed by atoms with van der Waals surface area (Å²) in [5, 5.41) is 2.79. The number of nitrogens with zero attached hydrogens (tertiary/aromatic N) is 2. The quantitative estimate of drug-likeness (QED) is 0.858. The highest BCUT2D eigenvalue weighted by molar-refractivity contribution is 6.53. The summed E-state index contributed by atoms with van der Waals surface area (Å²) in [5.41, 5.74) is 0.854. The summed E-state index contributed by atoms with van der Waals surface area (Å²) in [6, 6.07) is 6.90. The third kappa shape index (κ3) is 3.68. The predicted octanol–water partition coefficient (Wildman–Crippen LogP) is 2.44. The second-order valence-corrected chi connectivity index (χ2v) is 5.51. The maximum atomic E-state index is 11.8. The molecule has 2 rings (SSSR count). The first-order chi connectivity index (χ1) is 10.0. The van der Waals surface area contributed by atoms with Gasteiger partial charge in [-0.3, -0.25) is 4.79 Å². The van der Waals surface area contributed by atoms with Crippen molar-refractivity contribution in [1.29, 1.82) is 0 Å². The number of carbonyl (C=O) groups excluding carboxylic acids is 1. The van der Waals surface area contributed by atoms with E-state index in [1.54, 1.807) is 19.5 Å². The molecule has 1 unspecified atom stereocenters. The van der Waals surface area contributed by atoms with Crippen LogP contribution in [0.25, 0.3) is 0 Å². The lowest BCUT2D eigenvalue weighted by molar-refractivity contribution is -0.120. The van der Waals surface area contributed by atoms with Crippen LogP contribution in [0.1, 0.15) is 17.4 Å². The van der Waals surface area contributed by atoms with Crippen LogP contribution in [0.15, 0.2) is 36.7 Å². The maximum Gasteiger partial charge on any atom is 0.254 e. The fourth-order valence-electron chi connectivity index (χ4n) is 1.95. The molecule has 0 saturated heterocycles. The Morgan fingerprint density at radius 3 is 2.48 bits per heavy atom. The Kier molecular flexibility index (Phi) is 5.09. The van der Waals surface area contributed by atoms with Crippen molar-refractivity contribution in [2.75, 3.05) is 7.11 Å². The molecule has 0 saturated carbocycles. The Hall–Kier alpha value is -1.72. The lowest BCUT2D eigenvalue weighted by Gasteiger charge is -2.19. The largest absolute Gasteiger partial charge is 0.497 e. The molecule has 1 heterocycles. The molecule has 1 aromatic carbocycles. The van der Waals surface area contributed by atoms with Crippen LogP contribution >= 0.6 is 23.2 Å². The van der Waals surface area contributed by atoms with E-state index in [4.69, 9.17) is 27.9 Å². The van der Waals surface area contributed by atoms with Crippen LogP contribution in [0.4, 0.5) is 0 Å². The Morgan fingerprint density at radius 1 is 1.33 bits per heavy atom. The van der Waals surface area contributed by atoms with E-state index in [0.29, 0.717) is 5.82 Å². The van der Waals surface area contributed by atoms with Crippen LogP contribution in [-0.2, 0) is 11.8 Å². The Morgan fingerprint density at radius 2 is 2.00 bits per heavy atom. The number of nitrogens with one attached hydrogen (secondary N) is 1. The van der Waals surface area contributed by atoms with Gasteiger partial charge >= 0.3 is 0 Å². The van der Waals surface area contributed by atoms with E-state index in [-0.39, 0.29) is 0 Å². The lowest BCUT2D eigenvalue weighted by atomic mass is 10.1.